The maximum Gasteiger partial charge on any atom is 0.243 e. The molecule has 2 rings (SSSR count). The van der Waals surface area contributed by atoms with E-state index >= 15 is 0 Å². The van der Waals surface area contributed by atoms with Gasteiger partial charge in [-0.1, -0.05) is 61.3 Å². The van der Waals surface area contributed by atoms with Crippen molar-refractivity contribution in [2.45, 2.75) is 31.2 Å². The van der Waals surface area contributed by atoms with Gasteiger partial charge in [-0.05, 0) is 54.3 Å². The minimum absolute atomic E-state index is 0.134. The van der Waals surface area contributed by atoms with E-state index in [0.29, 0.717) is 16.5 Å². The summed E-state index contributed by atoms with van der Waals surface area (Å²) in [6, 6.07) is 12.8. The van der Waals surface area contributed by atoms with Gasteiger partial charge in [-0.25, -0.2) is 8.42 Å². The van der Waals surface area contributed by atoms with Crippen LogP contribution in [-0.4, -0.2) is 37.0 Å². The number of sulfonamides is 1. The monoisotopic (exact) mass is 441 g/mol. The van der Waals surface area contributed by atoms with Gasteiger partial charge in [-0.3, -0.25) is 0 Å². The molecule has 0 aliphatic carbocycles. The highest BCUT2D eigenvalue weighted by Crippen LogP contribution is 2.23. The molecule has 1 atom stereocenters. The average Bonchev–Trinajstić information content (AvgIpc) is 2.64. The highest BCUT2D eigenvalue weighted by molar-refractivity contribution is 7.89. The summed E-state index contributed by atoms with van der Waals surface area (Å²) in [6.45, 7) is 3.88. The van der Waals surface area contributed by atoms with Crippen molar-refractivity contribution in [3.63, 3.8) is 0 Å². The lowest BCUT2D eigenvalue weighted by molar-refractivity contribution is 0.175. The first-order valence-corrected chi connectivity index (χ1v) is 11.2. The molecule has 0 aliphatic heterocycles. The number of aliphatic hydroxyl groups is 1. The Morgan fingerprint density at radius 1 is 1.07 bits per heavy atom. The number of benzene rings is 2. The molecule has 7 heteroatoms. The minimum Gasteiger partial charge on any atom is -0.395 e. The Labute approximate surface area is 177 Å². The van der Waals surface area contributed by atoms with E-state index in [1.807, 2.05) is 32.1 Å². The molecule has 0 saturated heterocycles. The number of aliphatic hydroxyl groups excluding tert-OH is 1. The first-order valence-electron chi connectivity index (χ1n) is 9.04. The van der Waals surface area contributed by atoms with E-state index in [9.17, 15) is 13.5 Å². The molecule has 0 amide bonds. The summed E-state index contributed by atoms with van der Waals surface area (Å²) in [5, 5.41) is 11.0. The first kappa shape index (κ1) is 22.9. The van der Waals surface area contributed by atoms with Gasteiger partial charge in [0.1, 0.15) is 0 Å². The van der Waals surface area contributed by atoms with Crippen molar-refractivity contribution in [1.29, 1.82) is 0 Å². The molecule has 0 bridgehead atoms. The Hall–Kier alpha value is -1.37. The largest absolute Gasteiger partial charge is 0.395 e. The van der Waals surface area contributed by atoms with Crippen LogP contribution in [0.2, 0.25) is 10.0 Å². The molecular weight excluding hydrogens is 417 g/mol. The van der Waals surface area contributed by atoms with Gasteiger partial charge >= 0.3 is 0 Å². The molecule has 0 spiro atoms. The minimum atomic E-state index is -3.80. The summed E-state index contributed by atoms with van der Waals surface area (Å²) < 4.78 is 27.8. The Morgan fingerprint density at radius 2 is 1.75 bits per heavy atom. The van der Waals surface area contributed by atoms with Gasteiger partial charge in [0, 0.05) is 22.6 Å². The fraction of sp³-hybridized carbons (Fsp3) is 0.333. The number of halogens is 2. The first-order chi connectivity index (χ1) is 13.2. The molecule has 1 N–H and O–H groups in total. The van der Waals surface area contributed by atoms with Crippen LogP contribution in [0.4, 0.5) is 0 Å². The van der Waals surface area contributed by atoms with E-state index < -0.39 is 16.1 Å². The maximum atomic E-state index is 13.2. The Morgan fingerprint density at radius 3 is 2.32 bits per heavy atom. The number of hydrogen-bond acceptors (Lipinski definition) is 3. The van der Waals surface area contributed by atoms with E-state index in [1.54, 1.807) is 30.3 Å². The SMILES string of the molecule is CC(C)CC(CO)N(CC=Cc1cccc(Cl)c1)S(=O)(=O)c1ccc(Cl)cc1. The molecule has 0 fully saturated rings. The van der Waals surface area contributed by atoms with Crippen molar-refractivity contribution in [3.8, 4) is 0 Å². The molecule has 1 unspecified atom stereocenters. The van der Waals surface area contributed by atoms with Crippen LogP contribution in [0.25, 0.3) is 6.08 Å². The zero-order chi connectivity index (χ0) is 20.7. The Kier molecular flexibility index (Phi) is 8.53. The van der Waals surface area contributed by atoms with Gasteiger partial charge in [0.2, 0.25) is 10.0 Å². The van der Waals surface area contributed by atoms with Crippen LogP contribution >= 0.6 is 23.2 Å². The zero-order valence-electron chi connectivity index (χ0n) is 15.9. The fourth-order valence-electron chi connectivity index (χ4n) is 2.92. The molecule has 2 aromatic rings. The summed E-state index contributed by atoms with van der Waals surface area (Å²) in [5.41, 5.74) is 0.876. The third kappa shape index (κ3) is 6.33. The van der Waals surface area contributed by atoms with Crippen LogP contribution in [0.3, 0.4) is 0 Å². The van der Waals surface area contributed by atoms with E-state index in [1.165, 1.54) is 16.4 Å². The topological polar surface area (TPSA) is 57.6 Å². The van der Waals surface area contributed by atoms with Gasteiger partial charge in [0.05, 0.1) is 11.5 Å². The van der Waals surface area contributed by atoms with E-state index in [4.69, 9.17) is 23.2 Å². The van der Waals surface area contributed by atoms with Crippen molar-refractivity contribution in [3.05, 3.63) is 70.2 Å². The summed E-state index contributed by atoms with van der Waals surface area (Å²) >= 11 is 11.9. The van der Waals surface area contributed by atoms with Crippen molar-refractivity contribution in [2.75, 3.05) is 13.2 Å². The Balaban J connectivity index is 2.34. The average molecular weight is 442 g/mol. The van der Waals surface area contributed by atoms with Crippen LogP contribution in [0.1, 0.15) is 25.8 Å². The number of nitrogens with zero attached hydrogens (tertiary/aromatic N) is 1. The quantitative estimate of drug-likeness (QED) is 0.588. The van der Waals surface area contributed by atoms with Crippen molar-refractivity contribution < 1.29 is 13.5 Å². The lowest BCUT2D eigenvalue weighted by Gasteiger charge is -2.30. The third-order valence-electron chi connectivity index (χ3n) is 4.23. The summed E-state index contributed by atoms with van der Waals surface area (Å²) in [7, 11) is -3.80. The van der Waals surface area contributed by atoms with Gasteiger partial charge < -0.3 is 5.11 Å². The van der Waals surface area contributed by atoms with Crippen LogP contribution < -0.4 is 0 Å². The maximum absolute atomic E-state index is 13.2. The van der Waals surface area contributed by atoms with Crippen LogP contribution in [0.5, 0.6) is 0 Å². The van der Waals surface area contributed by atoms with Gasteiger partial charge in [-0.15, -0.1) is 0 Å². The lowest BCUT2D eigenvalue weighted by atomic mass is 10.0. The zero-order valence-corrected chi connectivity index (χ0v) is 18.3. The molecule has 0 heterocycles. The van der Waals surface area contributed by atoms with Gasteiger partial charge in [0.15, 0.2) is 0 Å². The number of hydrogen-bond donors (Lipinski definition) is 1. The van der Waals surface area contributed by atoms with E-state index in [0.717, 1.165) is 5.56 Å². The summed E-state index contributed by atoms with van der Waals surface area (Å²) in [6.07, 6.45) is 4.14. The van der Waals surface area contributed by atoms with Crippen LogP contribution in [-0.2, 0) is 10.0 Å². The highest BCUT2D eigenvalue weighted by atomic mass is 35.5. The van der Waals surface area contributed by atoms with Crippen molar-refractivity contribution >= 4 is 39.3 Å². The molecule has 0 aromatic heterocycles. The van der Waals surface area contributed by atoms with Crippen LogP contribution in [0, 0.1) is 5.92 Å². The second kappa shape index (κ2) is 10.4. The highest BCUT2D eigenvalue weighted by Gasteiger charge is 2.30. The molecule has 0 aliphatic rings. The molecule has 152 valence electrons. The standard InChI is InChI=1S/C21H25Cl2NO3S/c1-16(2)13-20(15-25)24(12-4-6-17-5-3-7-19(23)14-17)28(26,27)21-10-8-18(22)9-11-21/h3-11,14,16,20,25H,12-13,15H2,1-2H3. The molecule has 0 saturated carbocycles. The summed E-state index contributed by atoms with van der Waals surface area (Å²) in [4.78, 5) is 0.148. The second-order valence-corrected chi connectivity index (χ2v) is 9.72. The smallest absolute Gasteiger partial charge is 0.243 e. The van der Waals surface area contributed by atoms with E-state index in [-0.39, 0.29) is 24.0 Å². The predicted octanol–water partition coefficient (Wildman–Crippen LogP) is 5.10. The summed E-state index contributed by atoms with van der Waals surface area (Å²) in [5.74, 6) is 0.233. The van der Waals surface area contributed by atoms with Crippen molar-refractivity contribution in [2.24, 2.45) is 5.92 Å². The normalized spacial score (nSPS) is 13.5. The Bertz CT molecular complexity index is 896. The molecular formula is C21H25Cl2NO3S. The van der Waals surface area contributed by atoms with Crippen molar-refractivity contribution in [1.82, 2.24) is 4.31 Å². The predicted molar refractivity (Wildman–Crippen MR) is 116 cm³/mol. The fourth-order valence-corrected chi connectivity index (χ4v) is 4.82. The van der Waals surface area contributed by atoms with E-state index in [2.05, 4.69) is 0 Å². The molecule has 2 aromatic carbocycles. The number of rotatable bonds is 9. The molecule has 4 nitrogen and oxygen atoms in total. The molecule has 0 radical (unpaired) electrons. The second-order valence-electron chi connectivity index (χ2n) is 6.95. The lowest BCUT2D eigenvalue weighted by Crippen LogP contribution is -2.43. The van der Waals surface area contributed by atoms with Gasteiger partial charge in [0.25, 0.3) is 0 Å². The third-order valence-corrected chi connectivity index (χ3v) is 6.65. The molecule has 28 heavy (non-hydrogen) atoms. The van der Waals surface area contributed by atoms with Gasteiger partial charge in [-0.2, -0.15) is 4.31 Å². The van der Waals surface area contributed by atoms with Crippen LogP contribution in [0.15, 0.2) is 59.5 Å².